The normalized spacial score (nSPS) is 16.4. The van der Waals surface area contributed by atoms with E-state index in [0.29, 0.717) is 6.61 Å². The molecular formula is C43H44N2O5. The molecule has 2 N–H and O–H groups in total. The fourth-order valence-corrected chi connectivity index (χ4v) is 6.63. The molecule has 0 aromatic heterocycles. The van der Waals surface area contributed by atoms with Gasteiger partial charge in [0.1, 0.15) is 24.5 Å². The van der Waals surface area contributed by atoms with Crippen LogP contribution in [0.5, 0.6) is 5.75 Å². The molecule has 1 saturated heterocycles. The van der Waals surface area contributed by atoms with E-state index in [9.17, 15) is 9.59 Å². The van der Waals surface area contributed by atoms with Crippen molar-refractivity contribution in [3.63, 3.8) is 0 Å². The molecule has 7 nitrogen and oxygen atoms in total. The van der Waals surface area contributed by atoms with Gasteiger partial charge in [-0.05, 0) is 58.4 Å². The van der Waals surface area contributed by atoms with Gasteiger partial charge < -0.3 is 24.8 Å². The van der Waals surface area contributed by atoms with Crippen molar-refractivity contribution in [2.24, 2.45) is 0 Å². The summed E-state index contributed by atoms with van der Waals surface area (Å²) in [5.74, 6) is 0.333. The van der Waals surface area contributed by atoms with Crippen molar-refractivity contribution < 1.29 is 23.8 Å². The van der Waals surface area contributed by atoms with Crippen molar-refractivity contribution in [1.29, 1.82) is 0 Å². The van der Waals surface area contributed by atoms with E-state index >= 15 is 0 Å². The zero-order valence-corrected chi connectivity index (χ0v) is 28.4. The van der Waals surface area contributed by atoms with Gasteiger partial charge in [-0.2, -0.15) is 0 Å². The van der Waals surface area contributed by atoms with E-state index < -0.39 is 12.1 Å². The maximum atomic E-state index is 14.2. The third kappa shape index (κ3) is 9.26. The van der Waals surface area contributed by atoms with Crippen LogP contribution in [0.2, 0.25) is 0 Å². The van der Waals surface area contributed by atoms with Gasteiger partial charge in [-0.3, -0.25) is 4.79 Å². The lowest BCUT2D eigenvalue weighted by atomic mass is 9.81. The average Bonchev–Trinajstić information content (AvgIpc) is 3.18. The predicted molar refractivity (Wildman–Crippen MR) is 196 cm³/mol. The first-order chi connectivity index (χ1) is 24.6. The van der Waals surface area contributed by atoms with Gasteiger partial charge in [0.2, 0.25) is 0 Å². The first kappa shape index (κ1) is 34.6. The van der Waals surface area contributed by atoms with Gasteiger partial charge in [-0.1, -0.05) is 127 Å². The summed E-state index contributed by atoms with van der Waals surface area (Å²) >= 11 is 0. The number of ether oxygens (including phenoxy) is 3. The standard InChI is InChI=1S/C43H44N2O5/c1-48-43(47)45-42(41(34-16-7-3-8-17-34)35-18-9-4-10-19-35)40(46)27-36-20-12-11-15-32(36)23-26-38-28-44-29-39(50-38)30-49-37-24-21-33(22-25-37)31-13-5-2-6-14-31/h2-22,24-25,38-39,41-42,44H,23,26-30H2,1H3,(H,45,47)/t38-,39+,42-/m1/s1. The first-order valence-corrected chi connectivity index (χ1v) is 17.3. The quantitative estimate of drug-likeness (QED) is 0.128. The van der Waals surface area contributed by atoms with Gasteiger partial charge in [-0.25, -0.2) is 4.79 Å². The Hall–Kier alpha value is -5.24. The summed E-state index contributed by atoms with van der Waals surface area (Å²) in [5, 5.41) is 6.38. The second-order valence-corrected chi connectivity index (χ2v) is 12.6. The molecule has 0 spiro atoms. The van der Waals surface area contributed by atoms with E-state index in [0.717, 1.165) is 59.5 Å². The number of Topliss-reactive ketones (excluding diaryl/α,β-unsaturated/α-hetero) is 1. The Balaban J connectivity index is 1.09. The number of hydrogen-bond donors (Lipinski definition) is 2. The van der Waals surface area contributed by atoms with Crippen LogP contribution < -0.4 is 15.4 Å². The van der Waals surface area contributed by atoms with Crippen LogP contribution in [0.15, 0.2) is 140 Å². The number of carbonyl (C=O) groups is 2. The number of rotatable bonds is 14. The molecule has 5 aromatic carbocycles. The van der Waals surface area contributed by atoms with E-state index in [1.807, 2.05) is 109 Å². The highest BCUT2D eigenvalue weighted by molar-refractivity contribution is 5.91. The highest BCUT2D eigenvalue weighted by Gasteiger charge is 2.33. The fourth-order valence-electron chi connectivity index (χ4n) is 6.63. The molecule has 6 rings (SSSR count). The molecule has 0 aliphatic carbocycles. The second kappa shape index (κ2) is 17.4. The molecule has 0 saturated carbocycles. The van der Waals surface area contributed by atoms with Crippen molar-refractivity contribution in [3.8, 4) is 16.9 Å². The van der Waals surface area contributed by atoms with Crippen LogP contribution in [0, 0.1) is 0 Å². The number of carbonyl (C=O) groups excluding carboxylic acids is 2. The summed E-state index contributed by atoms with van der Waals surface area (Å²) in [6.45, 7) is 1.93. The van der Waals surface area contributed by atoms with Gasteiger partial charge in [0.15, 0.2) is 5.78 Å². The van der Waals surface area contributed by atoms with Gasteiger partial charge in [0, 0.05) is 25.4 Å². The monoisotopic (exact) mass is 668 g/mol. The van der Waals surface area contributed by atoms with Crippen LogP contribution in [0.4, 0.5) is 4.79 Å². The van der Waals surface area contributed by atoms with Gasteiger partial charge in [0.05, 0.1) is 13.2 Å². The van der Waals surface area contributed by atoms with Crippen molar-refractivity contribution in [1.82, 2.24) is 10.6 Å². The number of nitrogens with one attached hydrogen (secondary N) is 2. The van der Waals surface area contributed by atoms with Crippen molar-refractivity contribution >= 4 is 11.9 Å². The van der Waals surface area contributed by atoms with E-state index in [4.69, 9.17) is 14.2 Å². The largest absolute Gasteiger partial charge is 0.491 e. The van der Waals surface area contributed by atoms with Crippen LogP contribution >= 0.6 is 0 Å². The molecule has 0 bridgehead atoms. The molecule has 1 aliphatic rings. The molecule has 7 heteroatoms. The summed E-state index contributed by atoms with van der Waals surface area (Å²) in [6.07, 6.45) is 1.01. The molecule has 5 aromatic rings. The zero-order valence-electron chi connectivity index (χ0n) is 28.4. The number of ketones is 1. The highest BCUT2D eigenvalue weighted by atomic mass is 16.5. The number of amides is 1. The van der Waals surface area contributed by atoms with Crippen molar-refractivity contribution in [2.45, 2.75) is 43.4 Å². The minimum Gasteiger partial charge on any atom is -0.491 e. The molecule has 1 heterocycles. The SMILES string of the molecule is COC(=O)N[C@H](C(=O)Cc1ccccc1CC[C@@H]1CNC[C@@H](COc2ccc(-c3ccccc3)cc2)O1)C(c1ccccc1)c1ccccc1. The van der Waals surface area contributed by atoms with E-state index in [2.05, 4.69) is 41.0 Å². The van der Waals surface area contributed by atoms with Crippen LogP contribution in [-0.2, 0) is 27.1 Å². The molecule has 256 valence electrons. The number of morpholine rings is 1. The smallest absolute Gasteiger partial charge is 0.407 e. The van der Waals surface area contributed by atoms with Gasteiger partial charge in [0.25, 0.3) is 0 Å². The van der Waals surface area contributed by atoms with Crippen LogP contribution in [0.1, 0.15) is 34.6 Å². The molecular weight excluding hydrogens is 624 g/mol. The van der Waals surface area contributed by atoms with Gasteiger partial charge in [-0.15, -0.1) is 0 Å². The minimum atomic E-state index is -0.832. The number of aryl methyl sites for hydroxylation is 1. The zero-order chi connectivity index (χ0) is 34.5. The molecule has 1 amide bonds. The van der Waals surface area contributed by atoms with Crippen LogP contribution in [0.3, 0.4) is 0 Å². The van der Waals surface area contributed by atoms with Crippen LogP contribution in [0.25, 0.3) is 11.1 Å². The molecule has 1 aliphatic heterocycles. The summed E-state index contributed by atoms with van der Waals surface area (Å²) in [7, 11) is 1.31. The summed E-state index contributed by atoms with van der Waals surface area (Å²) in [5.41, 5.74) is 6.23. The molecule has 3 atom stereocenters. The summed E-state index contributed by atoms with van der Waals surface area (Å²) in [4.78, 5) is 26.8. The Labute approximate surface area is 294 Å². The lowest BCUT2D eigenvalue weighted by molar-refractivity contribution is -0.120. The lowest BCUT2D eigenvalue weighted by Crippen LogP contribution is -2.47. The van der Waals surface area contributed by atoms with E-state index in [-0.39, 0.29) is 30.3 Å². The molecule has 50 heavy (non-hydrogen) atoms. The molecule has 1 fully saturated rings. The van der Waals surface area contributed by atoms with Crippen LogP contribution in [-0.4, -0.2) is 56.9 Å². The Morgan fingerprint density at radius 1 is 0.720 bits per heavy atom. The third-order valence-electron chi connectivity index (χ3n) is 9.20. The first-order valence-electron chi connectivity index (χ1n) is 17.3. The number of hydrogen-bond acceptors (Lipinski definition) is 6. The number of alkyl carbamates (subject to hydrolysis) is 1. The molecule has 0 unspecified atom stereocenters. The lowest BCUT2D eigenvalue weighted by Gasteiger charge is -2.31. The predicted octanol–water partition coefficient (Wildman–Crippen LogP) is 7.39. The van der Waals surface area contributed by atoms with Crippen molar-refractivity contribution in [3.05, 3.63) is 162 Å². The summed E-state index contributed by atoms with van der Waals surface area (Å²) < 4.78 is 17.5. The Morgan fingerprint density at radius 3 is 1.92 bits per heavy atom. The summed E-state index contributed by atoms with van der Waals surface area (Å²) in [6, 6.07) is 45.3. The number of methoxy groups -OCH3 is 1. The highest BCUT2D eigenvalue weighted by Crippen LogP contribution is 2.30. The Bertz CT molecular complexity index is 1760. The maximum Gasteiger partial charge on any atom is 0.407 e. The average molecular weight is 669 g/mol. The fraction of sp³-hybridized carbons (Fsp3) is 0.256. The second-order valence-electron chi connectivity index (χ2n) is 12.6. The Kier molecular flexibility index (Phi) is 12.1. The Morgan fingerprint density at radius 2 is 1.28 bits per heavy atom. The third-order valence-corrected chi connectivity index (χ3v) is 9.20. The maximum absolute atomic E-state index is 14.2. The van der Waals surface area contributed by atoms with Gasteiger partial charge >= 0.3 is 6.09 Å². The number of benzene rings is 5. The molecule has 0 radical (unpaired) electrons. The topological polar surface area (TPSA) is 85.9 Å². The van der Waals surface area contributed by atoms with Crippen molar-refractivity contribution in [2.75, 3.05) is 26.8 Å². The minimum absolute atomic E-state index is 0.0100. The van der Waals surface area contributed by atoms with E-state index in [1.165, 1.54) is 12.7 Å². The van der Waals surface area contributed by atoms with E-state index in [1.54, 1.807) is 0 Å².